The molecule has 10 nitrogen and oxygen atoms in total. The molecule has 11 heteroatoms. The minimum atomic E-state index is -4.10. The van der Waals surface area contributed by atoms with Gasteiger partial charge in [-0.2, -0.15) is 8.42 Å². The molecule has 3 rings (SSSR count). The molecule has 1 amide bonds. The first-order chi connectivity index (χ1) is 15.0. The first-order valence-electron chi connectivity index (χ1n) is 10.1. The molecule has 0 aliphatic carbocycles. The number of carbonyl (C=O) groups excluding carboxylic acids is 1. The minimum absolute atomic E-state index is 0.0110. The van der Waals surface area contributed by atoms with Gasteiger partial charge in [0.2, 0.25) is 0 Å². The lowest BCUT2D eigenvalue weighted by Crippen LogP contribution is -2.36. The van der Waals surface area contributed by atoms with Crippen LogP contribution in [0.5, 0.6) is 5.75 Å². The van der Waals surface area contributed by atoms with E-state index in [2.05, 4.69) is 19.4 Å². The van der Waals surface area contributed by atoms with Crippen LogP contribution in [0.3, 0.4) is 0 Å². The van der Waals surface area contributed by atoms with Crippen molar-refractivity contribution < 1.29 is 22.7 Å². The van der Waals surface area contributed by atoms with Crippen LogP contribution < -0.4 is 10.6 Å². The maximum Gasteiger partial charge on any atom is 0.367 e. The van der Waals surface area contributed by atoms with Gasteiger partial charge >= 0.3 is 10.2 Å². The highest BCUT2D eigenvalue weighted by Crippen LogP contribution is 2.29. The summed E-state index contributed by atoms with van der Waals surface area (Å²) in [4.78, 5) is 13.6. The molecule has 1 aliphatic rings. The van der Waals surface area contributed by atoms with Crippen molar-refractivity contribution in [3.63, 3.8) is 0 Å². The molecule has 1 aliphatic heterocycles. The van der Waals surface area contributed by atoms with E-state index >= 15 is 0 Å². The van der Waals surface area contributed by atoms with E-state index in [4.69, 9.17) is 4.42 Å². The summed E-state index contributed by atoms with van der Waals surface area (Å²) in [5.41, 5.74) is 1.22. The van der Waals surface area contributed by atoms with E-state index in [-0.39, 0.29) is 40.6 Å². The van der Waals surface area contributed by atoms with E-state index in [0.717, 1.165) is 5.56 Å². The molecule has 1 atom stereocenters. The summed E-state index contributed by atoms with van der Waals surface area (Å²) in [5.74, 6) is 0.102. The lowest BCUT2D eigenvalue weighted by molar-refractivity contribution is 0.0824. The molecule has 1 aromatic carbocycles. The summed E-state index contributed by atoms with van der Waals surface area (Å²) in [6.45, 7) is 6.02. The van der Waals surface area contributed by atoms with Gasteiger partial charge in [-0.15, -0.1) is 8.80 Å². The van der Waals surface area contributed by atoms with Gasteiger partial charge < -0.3 is 25.1 Å². The van der Waals surface area contributed by atoms with Gasteiger partial charge in [0.25, 0.3) is 5.91 Å². The second kappa shape index (κ2) is 9.03. The Bertz CT molecular complexity index is 1180. The molecule has 172 valence electrons. The van der Waals surface area contributed by atoms with Crippen molar-refractivity contribution in [3.8, 4) is 5.75 Å². The Morgan fingerprint density at radius 1 is 1.22 bits per heavy atom. The molecular weight excluding hydrogens is 434 g/mol. The van der Waals surface area contributed by atoms with E-state index in [1.54, 1.807) is 26.4 Å². The van der Waals surface area contributed by atoms with Crippen LogP contribution in [0, 0.1) is 0 Å². The Morgan fingerprint density at radius 2 is 1.91 bits per heavy atom. The van der Waals surface area contributed by atoms with Crippen LogP contribution in [0.4, 0.5) is 5.69 Å². The third-order valence-corrected chi connectivity index (χ3v) is 5.76. The van der Waals surface area contributed by atoms with E-state index in [9.17, 15) is 18.3 Å². The molecule has 0 spiro atoms. The average Bonchev–Trinajstić information content (AvgIpc) is 3.31. The van der Waals surface area contributed by atoms with Gasteiger partial charge in [0.05, 0.1) is 23.6 Å². The zero-order chi connectivity index (χ0) is 23.6. The van der Waals surface area contributed by atoms with Crippen molar-refractivity contribution in [2.24, 2.45) is 8.80 Å². The maximum absolute atomic E-state index is 12.3. The predicted octanol–water partition coefficient (Wildman–Crippen LogP) is 3.02. The Morgan fingerprint density at radius 3 is 2.50 bits per heavy atom. The van der Waals surface area contributed by atoms with Crippen molar-refractivity contribution >= 4 is 33.5 Å². The highest BCUT2D eigenvalue weighted by molar-refractivity contribution is 7.89. The van der Waals surface area contributed by atoms with Gasteiger partial charge in [-0.05, 0) is 36.1 Å². The number of benzene rings is 1. The van der Waals surface area contributed by atoms with Gasteiger partial charge in [-0.25, -0.2) is 0 Å². The zero-order valence-corrected chi connectivity index (χ0v) is 19.4. The van der Waals surface area contributed by atoms with Crippen LogP contribution in [-0.2, 0) is 10.2 Å². The lowest BCUT2D eigenvalue weighted by atomic mass is 10.1. The number of nitrogens with one attached hydrogen (secondary N) is 2. The number of phenols is 1. The first kappa shape index (κ1) is 23.3. The van der Waals surface area contributed by atoms with E-state index < -0.39 is 16.1 Å². The van der Waals surface area contributed by atoms with Crippen molar-refractivity contribution in [3.05, 3.63) is 47.4 Å². The first-order valence-corrected chi connectivity index (χ1v) is 11.5. The summed E-state index contributed by atoms with van der Waals surface area (Å²) in [5, 5.41) is 16.4. The van der Waals surface area contributed by atoms with Crippen LogP contribution in [0.2, 0.25) is 0 Å². The van der Waals surface area contributed by atoms with E-state index in [1.165, 1.54) is 17.0 Å². The molecule has 0 radical (unpaired) electrons. The smallest absolute Gasteiger partial charge is 0.367 e. The molecule has 0 bridgehead atoms. The fourth-order valence-electron chi connectivity index (χ4n) is 3.09. The van der Waals surface area contributed by atoms with Gasteiger partial charge in [0.1, 0.15) is 5.76 Å². The number of aromatic hydroxyl groups is 1. The van der Waals surface area contributed by atoms with Gasteiger partial charge in [0, 0.05) is 14.1 Å². The number of para-hydroxylation sites is 1. The Balaban J connectivity index is 1.88. The number of phenolic OH excluding ortho intramolecular Hbond substituents is 1. The normalized spacial score (nSPS) is 15.8. The number of amidine groups is 2. The van der Waals surface area contributed by atoms with Crippen LogP contribution >= 0.6 is 0 Å². The number of furan rings is 1. The fourth-order valence-corrected chi connectivity index (χ4v) is 3.87. The number of hydrogen-bond acceptors (Lipinski definition) is 7. The molecule has 3 N–H and O–H groups in total. The largest absolute Gasteiger partial charge is 0.505 e. The highest BCUT2D eigenvalue weighted by atomic mass is 32.2. The minimum Gasteiger partial charge on any atom is -0.505 e. The van der Waals surface area contributed by atoms with Crippen molar-refractivity contribution in [2.45, 2.75) is 39.2 Å². The predicted molar refractivity (Wildman–Crippen MR) is 123 cm³/mol. The molecule has 0 saturated heterocycles. The van der Waals surface area contributed by atoms with Crippen LogP contribution in [-0.4, -0.2) is 50.1 Å². The second-order valence-electron chi connectivity index (χ2n) is 7.90. The molecular formula is C21H27N5O5S. The topological polar surface area (TPSA) is 137 Å². The summed E-state index contributed by atoms with van der Waals surface area (Å²) < 4.78 is 37.2. The van der Waals surface area contributed by atoms with Crippen molar-refractivity contribution in [1.82, 2.24) is 10.2 Å². The molecule has 2 aromatic rings. The van der Waals surface area contributed by atoms with Crippen LogP contribution in [0.25, 0.3) is 0 Å². The third kappa shape index (κ3) is 4.93. The quantitative estimate of drug-likeness (QED) is 0.562. The maximum atomic E-state index is 12.3. The average molecular weight is 462 g/mol. The summed E-state index contributed by atoms with van der Waals surface area (Å²) in [6.07, 6.45) is 2.27. The number of nitrogens with zero attached hydrogens (tertiary/aromatic N) is 3. The second-order valence-corrected chi connectivity index (χ2v) is 9.16. The van der Waals surface area contributed by atoms with E-state index in [1.807, 2.05) is 26.8 Å². The number of amides is 1. The van der Waals surface area contributed by atoms with Crippen molar-refractivity contribution in [1.29, 1.82) is 0 Å². The Kier molecular flexibility index (Phi) is 6.58. The number of rotatable bonds is 6. The monoisotopic (exact) mass is 461 g/mol. The molecule has 2 heterocycles. The summed E-state index contributed by atoms with van der Waals surface area (Å²) in [7, 11) is -0.970. The fraction of sp³-hybridized carbons (Fsp3) is 0.381. The number of hydrogen-bond donors (Lipinski definition) is 3. The Hall–Kier alpha value is -3.34. The Labute approximate surface area is 187 Å². The van der Waals surface area contributed by atoms with Crippen LogP contribution in [0.15, 0.2) is 43.7 Å². The standard InChI is InChI=1S/C21H27N5O5S/c1-6-15(17-10-13(11-31-17)12(2)3)22-19-20(25-32(29,30)24-19)23-16-9-7-8-14(18(16)27)21(28)26(4)5/h7-12,15,27H,6H2,1-5H3,(H,22,24)(H,23,25)/t15-/m1/s1. The zero-order valence-electron chi connectivity index (χ0n) is 18.6. The van der Waals surface area contributed by atoms with Gasteiger partial charge in [-0.3, -0.25) is 4.79 Å². The molecule has 0 unspecified atom stereocenters. The number of carbonyl (C=O) groups is 1. The lowest BCUT2D eigenvalue weighted by Gasteiger charge is -2.18. The molecule has 1 aromatic heterocycles. The molecule has 32 heavy (non-hydrogen) atoms. The van der Waals surface area contributed by atoms with Crippen LogP contribution in [0.1, 0.15) is 60.8 Å². The highest BCUT2D eigenvalue weighted by Gasteiger charge is 2.29. The molecule has 0 saturated carbocycles. The SMILES string of the molecule is CC[C@@H](NC1=NS(=O)(=O)N=C1Nc1cccc(C(=O)N(C)C)c1O)c1cc(C(C)C)co1. The summed E-state index contributed by atoms with van der Waals surface area (Å²) >= 11 is 0. The summed E-state index contributed by atoms with van der Waals surface area (Å²) in [6, 6.07) is 6.11. The molecule has 0 fully saturated rings. The van der Waals surface area contributed by atoms with Gasteiger partial charge in [0.15, 0.2) is 17.4 Å². The van der Waals surface area contributed by atoms with E-state index in [0.29, 0.717) is 12.2 Å². The van der Waals surface area contributed by atoms with Crippen molar-refractivity contribution in [2.75, 3.05) is 19.4 Å². The van der Waals surface area contributed by atoms with Gasteiger partial charge in [-0.1, -0.05) is 26.8 Å². The number of anilines is 1. The third-order valence-electron chi connectivity index (χ3n) is 4.93.